The van der Waals surface area contributed by atoms with E-state index in [9.17, 15) is 14.7 Å². The summed E-state index contributed by atoms with van der Waals surface area (Å²) in [5.41, 5.74) is 6.63. The molecule has 1 aliphatic heterocycles. The van der Waals surface area contributed by atoms with Gasteiger partial charge in [0.2, 0.25) is 0 Å². The van der Waals surface area contributed by atoms with Gasteiger partial charge in [0.25, 0.3) is 5.56 Å². The zero-order valence-corrected chi connectivity index (χ0v) is 20.2. The molecule has 0 aliphatic carbocycles. The Morgan fingerprint density at radius 2 is 1.76 bits per heavy atom. The van der Waals surface area contributed by atoms with Crippen molar-refractivity contribution < 1.29 is 14.6 Å². The lowest BCUT2D eigenvalue weighted by atomic mass is 9.84. The van der Waals surface area contributed by atoms with E-state index >= 15 is 0 Å². The van der Waals surface area contributed by atoms with Gasteiger partial charge in [0.1, 0.15) is 0 Å². The first-order chi connectivity index (χ1) is 15.5. The lowest BCUT2D eigenvalue weighted by Gasteiger charge is -2.30. The van der Waals surface area contributed by atoms with Crippen molar-refractivity contribution in [3.63, 3.8) is 0 Å². The molecule has 1 aliphatic rings. The van der Waals surface area contributed by atoms with Gasteiger partial charge in [0.05, 0.1) is 16.8 Å². The molecule has 0 fully saturated rings. The summed E-state index contributed by atoms with van der Waals surface area (Å²) in [7, 11) is 0. The van der Waals surface area contributed by atoms with Crippen LogP contribution in [-0.2, 0) is 16.0 Å². The Labute approximate surface area is 194 Å². The van der Waals surface area contributed by atoms with Gasteiger partial charge in [-0.15, -0.1) is 0 Å². The van der Waals surface area contributed by atoms with E-state index in [1.165, 1.54) is 0 Å². The second kappa shape index (κ2) is 8.34. The van der Waals surface area contributed by atoms with Crippen LogP contribution in [0.25, 0.3) is 22.0 Å². The first-order valence-electron chi connectivity index (χ1n) is 11.4. The number of fused-ring (bicyclic) bond motifs is 3. The smallest absolute Gasteiger partial charge is 0.337 e. The van der Waals surface area contributed by atoms with Crippen LogP contribution < -0.4 is 10.9 Å². The molecule has 6 heteroatoms. The molecule has 0 unspecified atom stereocenters. The van der Waals surface area contributed by atoms with Gasteiger partial charge in [-0.1, -0.05) is 29.8 Å². The molecular weight excluding hydrogens is 416 g/mol. The average Bonchev–Trinajstić information content (AvgIpc) is 2.74. The molecule has 0 saturated heterocycles. The van der Waals surface area contributed by atoms with Crippen LogP contribution in [0.15, 0.2) is 29.1 Å². The first kappa shape index (κ1) is 23.1. The number of benzene rings is 2. The number of carbonyl (C=O) groups is 1. The Kier molecular flexibility index (Phi) is 5.83. The van der Waals surface area contributed by atoms with Crippen LogP contribution in [0.1, 0.15) is 61.1 Å². The van der Waals surface area contributed by atoms with E-state index in [1.807, 2.05) is 65.8 Å². The SMILES string of the molecule is Cc1ccc(-c2c([C@H](OC(C)(C)C)C(=O)O)c(C)c3[nH]c(=O)c4c(c3c2C)NCCC4)cc1. The van der Waals surface area contributed by atoms with Crippen LogP contribution in [0.5, 0.6) is 0 Å². The molecule has 2 heterocycles. The molecule has 33 heavy (non-hydrogen) atoms. The maximum atomic E-state index is 12.9. The number of carboxylic acid groups (broad SMARTS) is 1. The number of aliphatic carboxylic acids is 1. The standard InChI is InChI=1S/C27H32N2O4/c1-14-9-11-17(12-10-14)19-15(2)21-22(29-25(30)18-8-7-13-28-23(18)21)16(3)20(19)24(26(31)32)33-27(4,5)6/h9-12,24,28H,7-8,13H2,1-6H3,(H,29,30)(H,31,32)/t24-/m0/s1. The van der Waals surface area contributed by atoms with Crippen molar-refractivity contribution in [2.75, 3.05) is 11.9 Å². The van der Waals surface area contributed by atoms with Gasteiger partial charge in [0, 0.05) is 23.1 Å². The normalized spacial score (nSPS) is 14.6. The van der Waals surface area contributed by atoms with E-state index in [4.69, 9.17) is 4.74 Å². The molecule has 1 atom stereocenters. The van der Waals surface area contributed by atoms with Gasteiger partial charge >= 0.3 is 5.97 Å². The zero-order valence-electron chi connectivity index (χ0n) is 20.2. The van der Waals surface area contributed by atoms with E-state index in [1.54, 1.807) is 0 Å². The highest BCUT2D eigenvalue weighted by molar-refractivity contribution is 6.03. The molecule has 0 bridgehead atoms. The van der Waals surface area contributed by atoms with Gasteiger partial charge in [-0.2, -0.15) is 0 Å². The maximum Gasteiger partial charge on any atom is 0.337 e. The Hall–Kier alpha value is -3.12. The number of nitrogens with one attached hydrogen (secondary N) is 2. The number of carboxylic acids is 1. The zero-order chi connectivity index (χ0) is 24.1. The third kappa shape index (κ3) is 4.15. The molecule has 3 N–H and O–H groups in total. The van der Waals surface area contributed by atoms with Crippen LogP contribution in [0.3, 0.4) is 0 Å². The minimum absolute atomic E-state index is 0.121. The van der Waals surface area contributed by atoms with Crippen LogP contribution in [0, 0.1) is 20.8 Å². The minimum atomic E-state index is -1.18. The number of hydrogen-bond acceptors (Lipinski definition) is 4. The van der Waals surface area contributed by atoms with E-state index in [-0.39, 0.29) is 5.56 Å². The number of ether oxygens (including phenoxy) is 1. The summed E-state index contributed by atoms with van der Waals surface area (Å²) in [5.74, 6) is -1.06. The van der Waals surface area contributed by atoms with E-state index in [2.05, 4.69) is 10.3 Å². The lowest BCUT2D eigenvalue weighted by molar-refractivity contribution is -0.160. The molecule has 1 aromatic heterocycles. The fraction of sp³-hybridized carbons (Fsp3) is 0.407. The quantitative estimate of drug-likeness (QED) is 0.496. The number of pyridine rings is 1. The number of aromatic amines is 1. The van der Waals surface area contributed by atoms with Crippen LogP contribution in [-0.4, -0.2) is 28.2 Å². The highest BCUT2D eigenvalue weighted by atomic mass is 16.5. The first-order valence-corrected chi connectivity index (χ1v) is 11.4. The number of aromatic nitrogens is 1. The van der Waals surface area contributed by atoms with E-state index in [0.29, 0.717) is 11.1 Å². The molecule has 3 aromatic rings. The van der Waals surface area contributed by atoms with Crippen molar-refractivity contribution in [1.29, 1.82) is 0 Å². The maximum absolute atomic E-state index is 12.9. The number of aryl methyl sites for hydroxylation is 3. The second-order valence-electron chi connectivity index (χ2n) is 9.94. The summed E-state index contributed by atoms with van der Waals surface area (Å²) in [6.45, 7) is 12.3. The molecule has 174 valence electrons. The molecule has 0 radical (unpaired) electrons. The highest BCUT2D eigenvalue weighted by Gasteiger charge is 2.33. The highest BCUT2D eigenvalue weighted by Crippen LogP contribution is 2.44. The number of hydrogen-bond donors (Lipinski definition) is 3. The summed E-state index contributed by atoms with van der Waals surface area (Å²) < 4.78 is 6.09. The molecule has 2 aromatic carbocycles. The Bertz CT molecular complexity index is 1300. The fourth-order valence-corrected chi connectivity index (χ4v) is 4.86. The predicted octanol–water partition coefficient (Wildman–Crippen LogP) is 5.42. The minimum Gasteiger partial charge on any atom is -0.479 e. The number of rotatable bonds is 4. The van der Waals surface area contributed by atoms with Crippen LogP contribution in [0.2, 0.25) is 0 Å². The summed E-state index contributed by atoms with van der Waals surface area (Å²) in [5, 5.41) is 14.6. The summed E-state index contributed by atoms with van der Waals surface area (Å²) in [6.07, 6.45) is 0.443. The van der Waals surface area contributed by atoms with Gasteiger partial charge in [-0.05, 0) is 76.6 Å². The van der Waals surface area contributed by atoms with Crippen molar-refractivity contribution in [2.45, 2.75) is 66.1 Å². The van der Waals surface area contributed by atoms with Gasteiger partial charge in [0.15, 0.2) is 6.10 Å². The van der Waals surface area contributed by atoms with Gasteiger partial charge in [-0.25, -0.2) is 4.79 Å². The summed E-state index contributed by atoms with van der Waals surface area (Å²) in [4.78, 5) is 28.5. The largest absolute Gasteiger partial charge is 0.479 e. The van der Waals surface area contributed by atoms with Crippen molar-refractivity contribution in [2.24, 2.45) is 0 Å². The van der Waals surface area contributed by atoms with E-state index in [0.717, 1.165) is 63.8 Å². The predicted molar refractivity (Wildman–Crippen MR) is 132 cm³/mol. The molecule has 0 amide bonds. The van der Waals surface area contributed by atoms with Crippen molar-refractivity contribution >= 4 is 22.6 Å². The fourth-order valence-electron chi connectivity index (χ4n) is 4.86. The third-order valence-electron chi connectivity index (χ3n) is 6.32. The molecular formula is C27H32N2O4. The molecule has 0 saturated carbocycles. The van der Waals surface area contributed by atoms with E-state index < -0.39 is 17.7 Å². The third-order valence-corrected chi connectivity index (χ3v) is 6.32. The number of anilines is 1. The van der Waals surface area contributed by atoms with Gasteiger partial charge < -0.3 is 20.1 Å². The lowest BCUT2D eigenvalue weighted by Crippen LogP contribution is -2.29. The Morgan fingerprint density at radius 3 is 2.36 bits per heavy atom. The summed E-state index contributed by atoms with van der Waals surface area (Å²) >= 11 is 0. The summed E-state index contributed by atoms with van der Waals surface area (Å²) in [6, 6.07) is 8.10. The Balaban J connectivity index is 2.17. The molecule has 0 spiro atoms. The van der Waals surface area contributed by atoms with Crippen molar-refractivity contribution in [3.05, 3.63) is 62.4 Å². The number of H-pyrrole nitrogens is 1. The monoisotopic (exact) mass is 448 g/mol. The molecule has 6 nitrogen and oxygen atoms in total. The topological polar surface area (TPSA) is 91.4 Å². The Morgan fingerprint density at radius 1 is 1.09 bits per heavy atom. The van der Waals surface area contributed by atoms with Crippen LogP contribution >= 0.6 is 0 Å². The van der Waals surface area contributed by atoms with Crippen molar-refractivity contribution in [3.8, 4) is 11.1 Å². The van der Waals surface area contributed by atoms with Crippen molar-refractivity contribution in [1.82, 2.24) is 4.98 Å². The average molecular weight is 449 g/mol. The van der Waals surface area contributed by atoms with Gasteiger partial charge in [-0.3, -0.25) is 4.79 Å². The molecule has 4 rings (SSSR count). The second-order valence-corrected chi connectivity index (χ2v) is 9.94. The van der Waals surface area contributed by atoms with Crippen LogP contribution in [0.4, 0.5) is 5.69 Å².